The van der Waals surface area contributed by atoms with Crippen LogP contribution in [-0.4, -0.2) is 28.2 Å². The Balaban J connectivity index is 2.53. The Bertz CT molecular complexity index is 712. The summed E-state index contributed by atoms with van der Waals surface area (Å²) < 4.78 is 5.06. The standard InChI is InChI=1S/C17H16O5/c1-10-14(19)13(15(20)12-7-5-4-6-8-12)9-17(3,16(10)21)22-11(2)18/h4-9,19H,1-3H3. The van der Waals surface area contributed by atoms with Crippen molar-refractivity contribution in [1.82, 2.24) is 0 Å². The van der Waals surface area contributed by atoms with E-state index in [2.05, 4.69) is 0 Å². The van der Waals surface area contributed by atoms with Gasteiger partial charge in [-0.25, -0.2) is 0 Å². The van der Waals surface area contributed by atoms with E-state index in [1.165, 1.54) is 26.8 Å². The molecule has 5 nitrogen and oxygen atoms in total. The SMILES string of the molecule is CC(=O)OC1(C)C=C(C(=O)c2ccccc2)C(O)=C(C)C1=O. The van der Waals surface area contributed by atoms with Crippen LogP contribution in [0.25, 0.3) is 0 Å². The molecule has 0 heterocycles. The normalized spacial score (nSPS) is 21.4. The fourth-order valence-corrected chi connectivity index (χ4v) is 2.38. The van der Waals surface area contributed by atoms with E-state index in [9.17, 15) is 19.5 Å². The second-order valence-corrected chi connectivity index (χ2v) is 5.26. The van der Waals surface area contributed by atoms with Crippen LogP contribution in [0.1, 0.15) is 31.1 Å². The average molecular weight is 300 g/mol. The molecule has 0 aromatic heterocycles. The number of ether oxygens (including phenoxy) is 1. The van der Waals surface area contributed by atoms with E-state index in [1.54, 1.807) is 30.3 Å². The Morgan fingerprint density at radius 3 is 2.32 bits per heavy atom. The third kappa shape index (κ3) is 2.70. The minimum absolute atomic E-state index is 0.00877. The maximum Gasteiger partial charge on any atom is 0.303 e. The summed E-state index contributed by atoms with van der Waals surface area (Å²) in [4.78, 5) is 36.0. The van der Waals surface area contributed by atoms with Crippen LogP contribution < -0.4 is 0 Å². The van der Waals surface area contributed by atoms with Crippen molar-refractivity contribution in [3.63, 3.8) is 0 Å². The van der Waals surface area contributed by atoms with Crippen molar-refractivity contribution in [3.8, 4) is 0 Å². The lowest BCUT2D eigenvalue weighted by molar-refractivity contribution is -0.157. The predicted molar refractivity (Wildman–Crippen MR) is 79.4 cm³/mol. The highest BCUT2D eigenvalue weighted by Crippen LogP contribution is 2.31. The monoisotopic (exact) mass is 300 g/mol. The van der Waals surface area contributed by atoms with Gasteiger partial charge in [-0.15, -0.1) is 0 Å². The Kier molecular flexibility index (Phi) is 3.99. The number of rotatable bonds is 3. The number of esters is 1. The van der Waals surface area contributed by atoms with Gasteiger partial charge >= 0.3 is 5.97 Å². The molecular formula is C17H16O5. The third-order valence-electron chi connectivity index (χ3n) is 3.46. The largest absolute Gasteiger partial charge is 0.507 e. The Hall–Kier alpha value is -2.69. The van der Waals surface area contributed by atoms with E-state index in [0.29, 0.717) is 5.56 Å². The number of benzene rings is 1. The summed E-state index contributed by atoms with van der Waals surface area (Å²) in [5.74, 6) is -2.02. The summed E-state index contributed by atoms with van der Waals surface area (Å²) in [7, 11) is 0. The molecule has 0 fully saturated rings. The van der Waals surface area contributed by atoms with Gasteiger partial charge < -0.3 is 9.84 Å². The van der Waals surface area contributed by atoms with Gasteiger partial charge in [-0.2, -0.15) is 0 Å². The summed E-state index contributed by atoms with van der Waals surface area (Å²) >= 11 is 0. The second kappa shape index (κ2) is 5.60. The van der Waals surface area contributed by atoms with E-state index >= 15 is 0 Å². The first-order valence-corrected chi connectivity index (χ1v) is 6.73. The molecule has 114 valence electrons. The summed E-state index contributed by atoms with van der Waals surface area (Å²) in [6, 6.07) is 8.36. The maximum absolute atomic E-state index is 12.5. The van der Waals surface area contributed by atoms with Crippen molar-refractivity contribution < 1.29 is 24.2 Å². The first-order valence-electron chi connectivity index (χ1n) is 6.73. The van der Waals surface area contributed by atoms with Crippen LogP contribution >= 0.6 is 0 Å². The minimum Gasteiger partial charge on any atom is -0.507 e. The molecule has 2 rings (SSSR count). The highest BCUT2D eigenvalue weighted by Gasteiger charge is 2.42. The summed E-state index contributed by atoms with van der Waals surface area (Å²) in [5, 5.41) is 10.1. The Morgan fingerprint density at radius 2 is 1.77 bits per heavy atom. The molecule has 1 aromatic rings. The fourth-order valence-electron chi connectivity index (χ4n) is 2.38. The van der Waals surface area contributed by atoms with Gasteiger partial charge in [0.05, 0.1) is 5.57 Å². The van der Waals surface area contributed by atoms with Crippen molar-refractivity contribution in [2.75, 3.05) is 0 Å². The van der Waals surface area contributed by atoms with Crippen molar-refractivity contribution in [2.24, 2.45) is 0 Å². The van der Waals surface area contributed by atoms with Gasteiger partial charge in [-0.3, -0.25) is 14.4 Å². The van der Waals surface area contributed by atoms with Crippen molar-refractivity contribution >= 4 is 17.5 Å². The zero-order valence-corrected chi connectivity index (χ0v) is 12.5. The topological polar surface area (TPSA) is 80.7 Å². The van der Waals surface area contributed by atoms with E-state index in [1.807, 2.05) is 0 Å². The number of hydrogen-bond acceptors (Lipinski definition) is 5. The molecule has 22 heavy (non-hydrogen) atoms. The Labute approximate surface area is 127 Å². The summed E-state index contributed by atoms with van der Waals surface area (Å²) in [6.07, 6.45) is 1.20. The molecule has 1 atom stereocenters. The van der Waals surface area contributed by atoms with Crippen LogP contribution in [0.5, 0.6) is 0 Å². The summed E-state index contributed by atoms with van der Waals surface area (Å²) in [5.41, 5.74) is -1.28. The molecule has 1 unspecified atom stereocenters. The zero-order valence-electron chi connectivity index (χ0n) is 12.5. The third-order valence-corrected chi connectivity index (χ3v) is 3.46. The molecule has 0 saturated heterocycles. The van der Waals surface area contributed by atoms with Crippen LogP contribution in [-0.2, 0) is 14.3 Å². The molecule has 0 radical (unpaired) electrons. The summed E-state index contributed by atoms with van der Waals surface area (Å²) in [6.45, 7) is 3.97. The smallest absolute Gasteiger partial charge is 0.303 e. The average Bonchev–Trinajstić information content (AvgIpc) is 2.49. The lowest BCUT2D eigenvalue weighted by Crippen LogP contribution is -2.42. The van der Waals surface area contributed by atoms with Crippen LogP contribution in [0.2, 0.25) is 0 Å². The first-order chi connectivity index (χ1) is 10.3. The van der Waals surface area contributed by atoms with E-state index < -0.39 is 23.1 Å². The van der Waals surface area contributed by atoms with Gasteiger partial charge in [0.25, 0.3) is 0 Å². The van der Waals surface area contributed by atoms with Gasteiger partial charge in [-0.1, -0.05) is 30.3 Å². The van der Waals surface area contributed by atoms with Crippen molar-refractivity contribution in [1.29, 1.82) is 0 Å². The van der Waals surface area contributed by atoms with Crippen molar-refractivity contribution in [2.45, 2.75) is 26.4 Å². The van der Waals surface area contributed by atoms with Gasteiger partial charge in [0.15, 0.2) is 11.4 Å². The molecule has 1 N–H and O–H groups in total. The number of Topliss-reactive ketones (excluding diaryl/α,β-unsaturated/α-hetero) is 2. The number of aliphatic hydroxyl groups is 1. The van der Waals surface area contributed by atoms with E-state index in [4.69, 9.17) is 4.74 Å². The molecule has 1 aliphatic rings. The molecule has 0 amide bonds. The van der Waals surface area contributed by atoms with Crippen LogP contribution in [0.4, 0.5) is 0 Å². The predicted octanol–water partition coefficient (Wildman–Crippen LogP) is 2.53. The fraction of sp³-hybridized carbons (Fsp3) is 0.235. The van der Waals surface area contributed by atoms with Gasteiger partial charge in [0, 0.05) is 18.1 Å². The first kappa shape index (κ1) is 15.7. The van der Waals surface area contributed by atoms with Gasteiger partial charge in [0.1, 0.15) is 5.76 Å². The van der Waals surface area contributed by atoms with Gasteiger partial charge in [0.2, 0.25) is 5.78 Å². The molecule has 1 aromatic carbocycles. The van der Waals surface area contributed by atoms with Gasteiger partial charge in [-0.05, 0) is 19.9 Å². The van der Waals surface area contributed by atoms with Crippen LogP contribution in [0.15, 0.2) is 53.3 Å². The molecule has 0 spiro atoms. The highest BCUT2D eigenvalue weighted by atomic mass is 16.6. The maximum atomic E-state index is 12.5. The number of aliphatic hydroxyl groups excluding tert-OH is 1. The number of carbonyl (C=O) groups excluding carboxylic acids is 3. The van der Waals surface area contributed by atoms with Crippen molar-refractivity contribution in [3.05, 3.63) is 58.9 Å². The lowest BCUT2D eigenvalue weighted by Gasteiger charge is -2.29. The molecule has 0 aliphatic heterocycles. The minimum atomic E-state index is -1.60. The van der Waals surface area contributed by atoms with E-state index in [0.717, 1.165) is 0 Å². The number of allylic oxidation sites excluding steroid dienone is 1. The zero-order chi connectivity index (χ0) is 16.5. The molecule has 1 aliphatic carbocycles. The van der Waals surface area contributed by atoms with E-state index in [-0.39, 0.29) is 16.9 Å². The van der Waals surface area contributed by atoms with Crippen LogP contribution in [0, 0.1) is 0 Å². The highest BCUT2D eigenvalue weighted by molar-refractivity contribution is 6.16. The van der Waals surface area contributed by atoms with Crippen LogP contribution in [0.3, 0.4) is 0 Å². The molecule has 0 bridgehead atoms. The lowest BCUT2D eigenvalue weighted by atomic mass is 9.83. The molecular weight excluding hydrogens is 284 g/mol. The quantitative estimate of drug-likeness (QED) is 0.685. The molecule has 0 saturated carbocycles. The Morgan fingerprint density at radius 1 is 1.18 bits per heavy atom. The number of ketones is 2. The number of carbonyl (C=O) groups is 3. The number of hydrogen-bond donors (Lipinski definition) is 1. The second-order valence-electron chi connectivity index (χ2n) is 5.26. The molecule has 5 heteroatoms.